The van der Waals surface area contributed by atoms with Crippen LogP contribution in [0.5, 0.6) is 34.5 Å². The zero-order valence-electron chi connectivity index (χ0n) is 11.1. The number of carbonyl (C=O) groups excluding carboxylic acids is 1. The van der Waals surface area contributed by atoms with Crippen LogP contribution in [0.25, 0.3) is 6.08 Å². The van der Waals surface area contributed by atoms with Gasteiger partial charge in [-0.05, 0) is 23.8 Å². The van der Waals surface area contributed by atoms with E-state index in [1.54, 1.807) is 0 Å². The Morgan fingerprint density at radius 1 is 0.773 bits per heavy atom. The lowest BCUT2D eigenvalue weighted by Crippen LogP contribution is -1.95. The molecule has 0 aliphatic heterocycles. The molecule has 0 aromatic heterocycles. The standard InChI is InChI=1S/C15H12O7/c16-8-5-10(18)14(11(19)6-8)9(17)2-1-7-3-12(20)15(22)13(21)4-7/h1-6,16,18-22H/b2-1+. The number of rotatable bonds is 3. The van der Waals surface area contributed by atoms with Gasteiger partial charge in [0.25, 0.3) is 0 Å². The largest absolute Gasteiger partial charge is 0.508 e. The van der Waals surface area contributed by atoms with Crippen molar-refractivity contribution in [2.75, 3.05) is 0 Å². The molecule has 0 radical (unpaired) electrons. The summed E-state index contributed by atoms with van der Waals surface area (Å²) in [6.07, 6.45) is 2.18. The average molecular weight is 304 g/mol. The second-order valence-electron chi connectivity index (χ2n) is 4.46. The molecule has 114 valence electrons. The van der Waals surface area contributed by atoms with Crippen LogP contribution in [0.2, 0.25) is 0 Å². The molecule has 0 aliphatic carbocycles. The number of hydrogen-bond acceptors (Lipinski definition) is 7. The van der Waals surface area contributed by atoms with Gasteiger partial charge in [-0.1, -0.05) is 6.08 Å². The molecule has 2 aromatic carbocycles. The van der Waals surface area contributed by atoms with Crippen LogP contribution in [-0.2, 0) is 0 Å². The molecule has 7 heteroatoms. The van der Waals surface area contributed by atoms with Gasteiger partial charge in [0.1, 0.15) is 22.8 Å². The van der Waals surface area contributed by atoms with Crippen LogP contribution in [0.4, 0.5) is 0 Å². The van der Waals surface area contributed by atoms with E-state index in [9.17, 15) is 30.3 Å². The Morgan fingerprint density at radius 2 is 1.27 bits per heavy atom. The Kier molecular flexibility index (Phi) is 3.81. The second kappa shape index (κ2) is 5.57. The highest BCUT2D eigenvalue weighted by Crippen LogP contribution is 2.36. The predicted molar refractivity (Wildman–Crippen MR) is 76.2 cm³/mol. The minimum absolute atomic E-state index is 0.207. The number of hydrogen-bond donors (Lipinski definition) is 6. The Balaban J connectivity index is 2.33. The zero-order valence-corrected chi connectivity index (χ0v) is 11.1. The van der Waals surface area contributed by atoms with Gasteiger partial charge in [-0.3, -0.25) is 4.79 Å². The van der Waals surface area contributed by atoms with E-state index in [1.807, 2.05) is 0 Å². The lowest BCUT2D eigenvalue weighted by molar-refractivity contribution is 0.104. The Morgan fingerprint density at radius 3 is 1.77 bits per heavy atom. The normalized spacial score (nSPS) is 10.9. The highest BCUT2D eigenvalue weighted by atomic mass is 16.3. The first-order valence-electron chi connectivity index (χ1n) is 6.02. The number of aromatic hydroxyl groups is 6. The number of allylic oxidation sites excluding steroid dienone is 1. The van der Waals surface area contributed by atoms with Gasteiger partial charge in [-0.25, -0.2) is 0 Å². The van der Waals surface area contributed by atoms with Crippen LogP contribution in [0.15, 0.2) is 30.3 Å². The summed E-state index contributed by atoms with van der Waals surface area (Å²) < 4.78 is 0. The number of benzene rings is 2. The van der Waals surface area contributed by atoms with Gasteiger partial charge in [0.05, 0.1) is 0 Å². The molecule has 22 heavy (non-hydrogen) atoms. The summed E-state index contributed by atoms with van der Waals surface area (Å²) in [4.78, 5) is 11.9. The van der Waals surface area contributed by atoms with E-state index < -0.39 is 45.8 Å². The maximum Gasteiger partial charge on any atom is 0.200 e. The molecule has 2 aromatic rings. The van der Waals surface area contributed by atoms with Crippen molar-refractivity contribution in [1.29, 1.82) is 0 Å². The molecule has 0 fully saturated rings. The number of ketones is 1. The van der Waals surface area contributed by atoms with E-state index in [2.05, 4.69) is 0 Å². The van der Waals surface area contributed by atoms with E-state index in [4.69, 9.17) is 5.11 Å². The van der Waals surface area contributed by atoms with Gasteiger partial charge in [0.2, 0.25) is 0 Å². The van der Waals surface area contributed by atoms with Gasteiger partial charge in [-0.15, -0.1) is 0 Å². The molecule has 0 bridgehead atoms. The summed E-state index contributed by atoms with van der Waals surface area (Å²) in [6.45, 7) is 0. The van der Waals surface area contributed by atoms with Gasteiger partial charge in [0.15, 0.2) is 23.0 Å². The predicted octanol–water partition coefficient (Wildman–Crippen LogP) is 1.82. The van der Waals surface area contributed by atoms with Crippen LogP contribution in [0.3, 0.4) is 0 Å². The van der Waals surface area contributed by atoms with E-state index in [0.29, 0.717) is 0 Å². The molecule has 0 heterocycles. The van der Waals surface area contributed by atoms with Crippen LogP contribution < -0.4 is 0 Å². The van der Waals surface area contributed by atoms with Crippen molar-refractivity contribution in [1.82, 2.24) is 0 Å². The van der Waals surface area contributed by atoms with E-state index in [1.165, 1.54) is 6.08 Å². The summed E-state index contributed by atoms with van der Waals surface area (Å²) in [5.41, 5.74) is -0.194. The van der Waals surface area contributed by atoms with Crippen LogP contribution in [0.1, 0.15) is 15.9 Å². The molecule has 2 rings (SSSR count). The Labute approximate surface area is 124 Å². The van der Waals surface area contributed by atoms with Crippen molar-refractivity contribution in [2.45, 2.75) is 0 Å². The molecule has 0 aliphatic rings. The van der Waals surface area contributed by atoms with E-state index >= 15 is 0 Å². The zero-order chi connectivity index (χ0) is 16.4. The minimum atomic E-state index is -0.762. The van der Waals surface area contributed by atoms with Crippen molar-refractivity contribution in [3.63, 3.8) is 0 Å². The van der Waals surface area contributed by atoms with E-state index in [0.717, 1.165) is 30.3 Å². The van der Waals surface area contributed by atoms with Crippen molar-refractivity contribution in [3.8, 4) is 34.5 Å². The number of carbonyl (C=O) groups is 1. The smallest absolute Gasteiger partial charge is 0.200 e. The quantitative estimate of drug-likeness (QED) is 0.289. The fraction of sp³-hybridized carbons (Fsp3) is 0. The summed E-state index contributed by atoms with van der Waals surface area (Å²) >= 11 is 0. The highest BCUT2D eigenvalue weighted by molar-refractivity contribution is 6.10. The van der Waals surface area contributed by atoms with E-state index in [-0.39, 0.29) is 5.56 Å². The maximum absolute atomic E-state index is 11.9. The van der Waals surface area contributed by atoms with Crippen LogP contribution in [-0.4, -0.2) is 36.4 Å². The lowest BCUT2D eigenvalue weighted by Gasteiger charge is -2.05. The van der Waals surface area contributed by atoms with Crippen molar-refractivity contribution in [2.24, 2.45) is 0 Å². The fourth-order valence-corrected chi connectivity index (χ4v) is 1.83. The Bertz CT molecular complexity index is 731. The monoisotopic (exact) mass is 304 g/mol. The van der Waals surface area contributed by atoms with Crippen molar-refractivity contribution < 1.29 is 35.4 Å². The third-order valence-electron chi connectivity index (χ3n) is 2.85. The van der Waals surface area contributed by atoms with Crippen LogP contribution in [0, 0.1) is 0 Å². The summed E-state index contributed by atoms with van der Waals surface area (Å²) in [5, 5.41) is 56.2. The molecule has 0 saturated heterocycles. The van der Waals surface area contributed by atoms with Gasteiger partial charge in [-0.2, -0.15) is 0 Å². The summed E-state index contributed by atoms with van der Waals surface area (Å²) in [7, 11) is 0. The number of phenols is 6. The molecular formula is C15H12O7. The van der Waals surface area contributed by atoms with Crippen molar-refractivity contribution >= 4 is 11.9 Å². The molecule has 0 spiro atoms. The minimum Gasteiger partial charge on any atom is -0.508 e. The molecule has 0 amide bonds. The van der Waals surface area contributed by atoms with Crippen LogP contribution >= 0.6 is 0 Å². The SMILES string of the molecule is O=C(/C=C/c1cc(O)c(O)c(O)c1)c1c(O)cc(O)cc1O. The molecule has 6 N–H and O–H groups in total. The topological polar surface area (TPSA) is 138 Å². The molecule has 7 nitrogen and oxygen atoms in total. The lowest BCUT2D eigenvalue weighted by atomic mass is 10.1. The first-order valence-corrected chi connectivity index (χ1v) is 6.02. The van der Waals surface area contributed by atoms with Gasteiger partial charge >= 0.3 is 0 Å². The van der Waals surface area contributed by atoms with Gasteiger partial charge in [0, 0.05) is 12.1 Å². The fourth-order valence-electron chi connectivity index (χ4n) is 1.83. The summed E-state index contributed by atoms with van der Waals surface area (Å²) in [5.74, 6) is -4.17. The molecule has 0 atom stereocenters. The first-order chi connectivity index (χ1) is 10.3. The Hall–Kier alpha value is -3.35. The third kappa shape index (κ3) is 2.88. The molecular weight excluding hydrogens is 292 g/mol. The highest BCUT2D eigenvalue weighted by Gasteiger charge is 2.15. The summed E-state index contributed by atoms with van der Waals surface area (Å²) in [6, 6.07) is 4.02. The van der Waals surface area contributed by atoms with Gasteiger partial charge < -0.3 is 30.6 Å². The van der Waals surface area contributed by atoms with Crippen molar-refractivity contribution in [3.05, 3.63) is 41.5 Å². The average Bonchev–Trinajstić information content (AvgIpc) is 2.41. The molecule has 0 saturated carbocycles. The first kappa shape index (κ1) is 15.0. The molecule has 0 unspecified atom stereocenters. The maximum atomic E-state index is 11.9. The second-order valence-corrected chi connectivity index (χ2v) is 4.46. The number of phenolic OH excluding ortho intramolecular Hbond substituents is 6. The third-order valence-corrected chi connectivity index (χ3v) is 2.85.